The lowest BCUT2D eigenvalue weighted by atomic mass is 10.1. The first-order valence-corrected chi connectivity index (χ1v) is 7.50. The number of nitrogens with zero attached hydrogens (tertiary/aromatic N) is 1. The van der Waals surface area contributed by atoms with E-state index in [4.69, 9.17) is 9.15 Å². The molecule has 1 amide bonds. The van der Waals surface area contributed by atoms with Crippen molar-refractivity contribution >= 4 is 23.3 Å². The molecule has 2 heterocycles. The molecule has 6 heteroatoms. The number of hydrogen-bond acceptors (Lipinski definition) is 5. The Morgan fingerprint density at radius 2 is 1.96 bits per heavy atom. The predicted octanol–water partition coefficient (Wildman–Crippen LogP) is 2.92. The van der Waals surface area contributed by atoms with Gasteiger partial charge in [-0.3, -0.25) is 4.79 Å². The molecule has 0 bridgehead atoms. The second-order valence-electron chi connectivity index (χ2n) is 5.38. The number of ether oxygens (including phenoxy) is 1. The van der Waals surface area contributed by atoms with Gasteiger partial charge in [-0.05, 0) is 37.1 Å². The summed E-state index contributed by atoms with van der Waals surface area (Å²) < 4.78 is 9.69. The second-order valence-corrected chi connectivity index (χ2v) is 5.38. The zero-order valence-electron chi connectivity index (χ0n) is 12.9. The molecule has 0 spiro atoms. The number of hydrogen-bond donors (Lipinski definition) is 1. The van der Waals surface area contributed by atoms with Gasteiger partial charge in [0.1, 0.15) is 6.26 Å². The monoisotopic (exact) mass is 314 g/mol. The van der Waals surface area contributed by atoms with Crippen LogP contribution in [0.2, 0.25) is 0 Å². The fourth-order valence-corrected chi connectivity index (χ4v) is 2.70. The minimum atomic E-state index is -0.434. The Labute approximate surface area is 134 Å². The van der Waals surface area contributed by atoms with Crippen LogP contribution in [0.3, 0.4) is 0 Å². The summed E-state index contributed by atoms with van der Waals surface area (Å²) in [7, 11) is 1.33. The van der Waals surface area contributed by atoms with Gasteiger partial charge in [0.25, 0.3) is 5.91 Å². The van der Waals surface area contributed by atoms with Gasteiger partial charge in [0.15, 0.2) is 0 Å². The van der Waals surface area contributed by atoms with Crippen molar-refractivity contribution in [3.8, 4) is 0 Å². The van der Waals surface area contributed by atoms with Gasteiger partial charge in [-0.15, -0.1) is 0 Å². The zero-order chi connectivity index (χ0) is 16.2. The van der Waals surface area contributed by atoms with Gasteiger partial charge in [-0.2, -0.15) is 0 Å². The van der Waals surface area contributed by atoms with Crippen molar-refractivity contribution in [2.45, 2.75) is 12.8 Å². The molecular formula is C17H18N2O4. The molecule has 23 heavy (non-hydrogen) atoms. The van der Waals surface area contributed by atoms with Gasteiger partial charge in [-0.1, -0.05) is 0 Å². The first kappa shape index (κ1) is 15.1. The van der Waals surface area contributed by atoms with Crippen LogP contribution >= 0.6 is 0 Å². The van der Waals surface area contributed by atoms with E-state index < -0.39 is 5.97 Å². The van der Waals surface area contributed by atoms with E-state index >= 15 is 0 Å². The SMILES string of the molecule is COC(=O)c1ccc(N2CCCC2)c(NC(=O)c2ccoc2)c1. The van der Waals surface area contributed by atoms with Crippen molar-refractivity contribution in [3.63, 3.8) is 0 Å². The number of carbonyl (C=O) groups is 2. The quantitative estimate of drug-likeness (QED) is 0.879. The standard InChI is InChI=1S/C17H18N2O4/c1-22-17(21)12-4-5-15(19-7-2-3-8-19)14(10-12)18-16(20)13-6-9-23-11-13/h4-6,9-11H,2-3,7-8H2,1H3,(H,18,20). The average Bonchev–Trinajstić information content (AvgIpc) is 3.27. The van der Waals surface area contributed by atoms with Crippen LogP contribution in [0.4, 0.5) is 11.4 Å². The third kappa shape index (κ3) is 3.21. The average molecular weight is 314 g/mol. The van der Waals surface area contributed by atoms with Gasteiger partial charge < -0.3 is 19.4 Å². The summed E-state index contributed by atoms with van der Waals surface area (Å²) in [5.74, 6) is -0.710. The van der Waals surface area contributed by atoms with E-state index in [-0.39, 0.29) is 5.91 Å². The maximum absolute atomic E-state index is 12.3. The number of amides is 1. The molecule has 0 aliphatic carbocycles. The zero-order valence-corrected chi connectivity index (χ0v) is 12.9. The summed E-state index contributed by atoms with van der Waals surface area (Å²) in [5, 5.41) is 2.86. The molecule has 1 fully saturated rings. The molecule has 1 aromatic heterocycles. The third-order valence-corrected chi connectivity index (χ3v) is 3.90. The van der Waals surface area contributed by atoms with Crippen molar-refractivity contribution < 1.29 is 18.7 Å². The Balaban J connectivity index is 1.93. The van der Waals surface area contributed by atoms with E-state index in [2.05, 4.69) is 10.2 Å². The minimum absolute atomic E-state index is 0.277. The molecule has 120 valence electrons. The summed E-state index contributed by atoms with van der Waals surface area (Å²) >= 11 is 0. The van der Waals surface area contributed by atoms with Crippen LogP contribution in [0.25, 0.3) is 0 Å². The molecule has 1 N–H and O–H groups in total. The van der Waals surface area contributed by atoms with Crippen LogP contribution in [0, 0.1) is 0 Å². The lowest BCUT2D eigenvalue weighted by Gasteiger charge is -2.22. The maximum atomic E-state index is 12.3. The summed E-state index contributed by atoms with van der Waals surface area (Å²) in [6, 6.07) is 6.81. The maximum Gasteiger partial charge on any atom is 0.337 e. The highest BCUT2D eigenvalue weighted by molar-refractivity contribution is 6.06. The summed E-state index contributed by atoms with van der Waals surface area (Å²) in [4.78, 5) is 26.2. The van der Waals surface area contributed by atoms with Gasteiger partial charge >= 0.3 is 5.97 Å². The topological polar surface area (TPSA) is 71.8 Å². The van der Waals surface area contributed by atoms with Crippen LogP contribution in [0.1, 0.15) is 33.6 Å². The van der Waals surface area contributed by atoms with E-state index in [0.717, 1.165) is 31.6 Å². The normalized spacial score (nSPS) is 13.9. The first-order chi connectivity index (χ1) is 11.2. The molecule has 6 nitrogen and oxygen atoms in total. The molecule has 2 aromatic rings. The molecule has 0 unspecified atom stereocenters. The van der Waals surface area contributed by atoms with E-state index in [1.807, 2.05) is 6.07 Å². The fraction of sp³-hybridized carbons (Fsp3) is 0.294. The lowest BCUT2D eigenvalue weighted by Crippen LogP contribution is -2.21. The Bertz CT molecular complexity index is 703. The minimum Gasteiger partial charge on any atom is -0.472 e. The van der Waals surface area contributed by atoms with Crippen LogP contribution in [-0.2, 0) is 4.74 Å². The number of rotatable bonds is 4. The molecule has 0 radical (unpaired) electrons. The van der Waals surface area contributed by atoms with E-state index in [9.17, 15) is 9.59 Å². The molecule has 0 atom stereocenters. The van der Waals surface area contributed by atoms with Crippen LogP contribution in [-0.4, -0.2) is 32.1 Å². The van der Waals surface area contributed by atoms with Crippen LogP contribution in [0.15, 0.2) is 41.2 Å². The molecule has 3 rings (SSSR count). The van der Waals surface area contributed by atoms with E-state index in [1.54, 1.807) is 18.2 Å². The van der Waals surface area contributed by atoms with E-state index in [1.165, 1.54) is 19.6 Å². The van der Waals surface area contributed by atoms with Crippen molar-refractivity contribution in [2.75, 3.05) is 30.4 Å². The second kappa shape index (κ2) is 6.56. The van der Waals surface area contributed by atoms with Crippen LogP contribution in [0.5, 0.6) is 0 Å². The fourth-order valence-electron chi connectivity index (χ4n) is 2.70. The summed E-state index contributed by atoms with van der Waals surface area (Å²) in [5.41, 5.74) is 2.34. The number of anilines is 2. The Hall–Kier alpha value is -2.76. The number of esters is 1. The molecular weight excluding hydrogens is 296 g/mol. The highest BCUT2D eigenvalue weighted by Crippen LogP contribution is 2.30. The Morgan fingerprint density at radius 1 is 1.17 bits per heavy atom. The van der Waals surface area contributed by atoms with Crippen molar-refractivity contribution in [3.05, 3.63) is 47.9 Å². The first-order valence-electron chi connectivity index (χ1n) is 7.50. The van der Waals surface area contributed by atoms with Gasteiger partial charge in [0.05, 0.1) is 35.9 Å². The van der Waals surface area contributed by atoms with E-state index in [0.29, 0.717) is 16.8 Å². The number of methoxy groups -OCH3 is 1. The van der Waals surface area contributed by atoms with Gasteiger partial charge in [0, 0.05) is 13.1 Å². The molecule has 0 saturated carbocycles. The number of furan rings is 1. The van der Waals surface area contributed by atoms with Gasteiger partial charge in [0.2, 0.25) is 0 Å². The van der Waals surface area contributed by atoms with Crippen molar-refractivity contribution in [1.82, 2.24) is 0 Å². The third-order valence-electron chi connectivity index (χ3n) is 3.90. The summed E-state index contributed by atoms with van der Waals surface area (Å²) in [6.45, 7) is 1.87. The Morgan fingerprint density at radius 3 is 2.61 bits per heavy atom. The van der Waals surface area contributed by atoms with Gasteiger partial charge in [-0.25, -0.2) is 4.79 Å². The molecule has 1 saturated heterocycles. The summed E-state index contributed by atoms with van der Waals surface area (Å²) in [6.07, 6.45) is 5.07. The molecule has 1 aliphatic rings. The lowest BCUT2D eigenvalue weighted by molar-refractivity contribution is 0.0600. The smallest absolute Gasteiger partial charge is 0.337 e. The highest BCUT2D eigenvalue weighted by Gasteiger charge is 2.19. The largest absolute Gasteiger partial charge is 0.472 e. The van der Waals surface area contributed by atoms with Crippen LogP contribution < -0.4 is 10.2 Å². The number of carbonyl (C=O) groups excluding carboxylic acids is 2. The number of benzene rings is 1. The van der Waals surface area contributed by atoms with Crippen molar-refractivity contribution in [1.29, 1.82) is 0 Å². The predicted molar refractivity (Wildman–Crippen MR) is 85.9 cm³/mol. The highest BCUT2D eigenvalue weighted by atomic mass is 16.5. The molecule has 1 aliphatic heterocycles. The molecule has 1 aromatic carbocycles. The Kier molecular flexibility index (Phi) is 4.32. The number of nitrogens with one attached hydrogen (secondary N) is 1. The van der Waals surface area contributed by atoms with Crippen molar-refractivity contribution in [2.24, 2.45) is 0 Å².